The predicted octanol–water partition coefficient (Wildman–Crippen LogP) is 0.892. The first-order chi connectivity index (χ1) is 8.15. The number of halogens is 1. The number of β-amino-alcohol motifs (C(OH)–C–C–N with tert-alkyl or cyclic N) is 1. The maximum atomic E-state index is 11.7. The van der Waals surface area contributed by atoms with E-state index < -0.39 is 0 Å². The lowest BCUT2D eigenvalue weighted by Crippen LogP contribution is -2.41. The third kappa shape index (κ3) is 3.77. The Morgan fingerprint density at radius 1 is 1.65 bits per heavy atom. The van der Waals surface area contributed by atoms with Crippen molar-refractivity contribution in [2.24, 2.45) is 0 Å². The monoisotopic (exact) mass is 318 g/mol. The summed E-state index contributed by atoms with van der Waals surface area (Å²) < 4.78 is 1.11. The first-order valence-electron chi connectivity index (χ1n) is 5.58. The van der Waals surface area contributed by atoms with Crippen LogP contribution in [0.4, 0.5) is 0 Å². The molecule has 1 fully saturated rings. The molecule has 0 unspecified atom stereocenters. The number of carbonyl (C=O) groups is 1. The molecule has 2 rings (SSSR count). The van der Waals surface area contributed by atoms with E-state index in [1.165, 1.54) is 4.88 Å². The van der Waals surface area contributed by atoms with Crippen LogP contribution in [0.2, 0.25) is 0 Å². The normalized spacial score (nSPS) is 23.9. The van der Waals surface area contributed by atoms with Gasteiger partial charge in [0.15, 0.2) is 0 Å². The summed E-state index contributed by atoms with van der Waals surface area (Å²) >= 11 is 5.09. The molecule has 0 saturated carbocycles. The number of amides is 1. The summed E-state index contributed by atoms with van der Waals surface area (Å²) in [4.78, 5) is 12.9. The van der Waals surface area contributed by atoms with Crippen LogP contribution in [0.5, 0.6) is 0 Å². The first-order valence-corrected chi connectivity index (χ1v) is 7.19. The number of carbonyl (C=O) groups excluding carboxylic acids is 1. The van der Waals surface area contributed by atoms with Gasteiger partial charge in [0.2, 0.25) is 5.91 Å². The van der Waals surface area contributed by atoms with Gasteiger partial charge in [-0.05, 0) is 40.9 Å². The Morgan fingerprint density at radius 3 is 3.06 bits per heavy atom. The summed E-state index contributed by atoms with van der Waals surface area (Å²) in [6, 6.07) is 3.83. The highest BCUT2D eigenvalue weighted by Crippen LogP contribution is 2.22. The third-order valence-electron chi connectivity index (χ3n) is 2.72. The Bertz CT molecular complexity index is 397. The standard InChI is InChI=1S/C11H15BrN2O2S/c12-10-2-1-8(17-10)3-4-13-11(16)9-5-7(15)6-14-9/h1-2,7,9,14-15H,3-6H2,(H,13,16)/t7-,9-/m0/s1. The topological polar surface area (TPSA) is 61.4 Å². The smallest absolute Gasteiger partial charge is 0.237 e. The van der Waals surface area contributed by atoms with Gasteiger partial charge in [-0.15, -0.1) is 11.3 Å². The van der Waals surface area contributed by atoms with E-state index in [9.17, 15) is 9.90 Å². The molecule has 1 amide bonds. The van der Waals surface area contributed by atoms with Crippen LogP contribution in [0.15, 0.2) is 15.9 Å². The van der Waals surface area contributed by atoms with Crippen LogP contribution in [0.3, 0.4) is 0 Å². The molecule has 6 heteroatoms. The van der Waals surface area contributed by atoms with Crippen molar-refractivity contribution < 1.29 is 9.90 Å². The molecule has 0 aliphatic carbocycles. The van der Waals surface area contributed by atoms with Crippen LogP contribution in [0.25, 0.3) is 0 Å². The second kappa shape index (κ2) is 5.95. The molecule has 3 N–H and O–H groups in total. The van der Waals surface area contributed by atoms with Gasteiger partial charge in [-0.3, -0.25) is 4.79 Å². The van der Waals surface area contributed by atoms with Crippen LogP contribution in [0, 0.1) is 0 Å². The molecule has 2 atom stereocenters. The van der Waals surface area contributed by atoms with Crippen molar-refractivity contribution in [3.8, 4) is 0 Å². The molecule has 1 saturated heterocycles. The Balaban J connectivity index is 1.70. The number of hydrogen-bond acceptors (Lipinski definition) is 4. The average molecular weight is 319 g/mol. The van der Waals surface area contributed by atoms with E-state index >= 15 is 0 Å². The predicted molar refractivity (Wildman–Crippen MR) is 71.1 cm³/mol. The second-order valence-electron chi connectivity index (χ2n) is 4.10. The van der Waals surface area contributed by atoms with E-state index in [1.807, 2.05) is 6.07 Å². The van der Waals surface area contributed by atoms with Gasteiger partial charge >= 0.3 is 0 Å². The van der Waals surface area contributed by atoms with E-state index in [2.05, 4.69) is 32.6 Å². The summed E-state index contributed by atoms with van der Waals surface area (Å²) in [5, 5.41) is 15.2. The molecule has 0 spiro atoms. The van der Waals surface area contributed by atoms with Gasteiger partial charge in [0.05, 0.1) is 15.9 Å². The number of aliphatic hydroxyl groups excluding tert-OH is 1. The number of thiophene rings is 1. The number of rotatable bonds is 4. The molecular weight excluding hydrogens is 304 g/mol. The lowest BCUT2D eigenvalue weighted by atomic mass is 10.2. The zero-order chi connectivity index (χ0) is 12.3. The Labute approximate surface area is 113 Å². The SMILES string of the molecule is O=C(NCCc1ccc(Br)s1)[C@@H]1C[C@H](O)CN1. The molecule has 0 radical (unpaired) electrons. The average Bonchev–Trinajstić information content (AvgIpc) is 2.88. The fourth-order valence-corrected chi connectivity index (χ4v) is 3.32. The van der Waals surface area contributed by atoms with Gasteiger partial charge in [-0.2, -0.15) is 0 Å². The zero-order valence-corrected chi connectivity index (χ0v) is 11.7. The van der Waals surface area contributed by atoms with Crippen LogP contribution in [-0.4, -0.2) is 36.2 Å². The molecule has 1 aromatic rings. The molecular formula is C11H15BrN2O2S. The Morgan fingerprint density at radius 2 is 2.47 bits per heavy atom. The number of nitrogens with one attached hydrogen (secondary N) is 2. The van der Waals surface area contributed by atoms with Crippen LogP contribution in [-0.2, 0) is 11.2 Å². The summed E-state index contributed by atoms with van der Waals surface area (Å²) in [6.45, 7) is 1.15. The zero-order valence-electron chi connectivity index (χ0n) is 9.28. The largest absolute Gasteiger partial charge is 0.392 e. The van der Waals surface area contributed by atoms with Gasteiger partial charge in [-0.25, -0.2) is 0 Å². The van der Waals surface area contributed by atoms with E-state index in [0.717, 1.165) is 10.2 Å². The van der Waals surface area contributed by atoms with Gasteiger partial charge in [0.25, 0.3) is 0 Å². The molecule has 1 aliphatic heterocycles. The van der Waals surface area contributed by atoms with E-state index in [0.29, 0.717) is 19.5 Å². The van der Waals surface area contributed by atoms with Crippen LogP contribution in [0.1, 0.15) is 11.3 Å². The fraction of sp³-hybridized carbons (Fsp3) is 0.545. The summed E-state index contributed by atoms with van der Waals surface area (Å²) in [6.07, 6.45) is 0.965. The Hall–Kier alpha value is -0.430. The molecule has 4 nitrogen and oxygen atoms in total. The summed E-state index contributed by atoms with van der Waals surface area (Å²) in [7, 11) is 0. The van der Waals surface area contributed by atoms with Crippen molar-refractivity contribution in [3.05, 3.63) is 20.8 Å². The highest BCUT2D eigenvalue weighted by Gasteiger charge is 2.27. The Kier molecular flexibility index (Phi) is 4.55. The minimum absolute atomic E-state index is 0.0165. The first kappa shape index (κ1) is 13.0. The summed E-state index contributed by atoms with van der Waals surface area (Å²) in [5.41, 5.74) is 0. The van der Waals surface area contributed by atoms with Crippen molar-refractivity contribution in [2.45, 2.75) is 25.0 Å². The van der Waals surface area contributed by atoms with Crippen LogP contribution < -0.4 is 10.6 Å². The third-order valence-corrected chi connectivity index (χ3v) is 4.41. The van der Waals surface area contributed by atoms with E-state index in [1.54, 1.807) is 11.3 Å². The van der Waals surface area contributed by atoms with Crippen molar-refractivity contribution >= 4 is 33.2 Å². The molecule has 0 bridgehead atoms. The van der Waals surface area contributed by atoms with E-state index in [4.69, 9.17) is 0 Å². The van der Waals surface area contributed by atoms with Crippen molar-refractivity contribution in [1.82, 2.24) is 10.6 Å². The molecule has 0 aromatic carbocycles. The lowest BCUT2D eigenvalue weighted by Gasteiger charge is -2.10. The van der Waals surface area contributed by atoms with Crippen molar-refractivity contribution in [3.63, 3.8) is 0 Å². The van der Waals surface area contributed by atoms with Gasteiger partial charge in [0.1, 0.15) is 0 Å². The minimum atomic E-state index is -0.390. The molecule has 1 aliphatic rings. The van der Waals surface area contributed by atoms with Crippen LogP contribution >= 0.6 is 27.3 Å². The number of hydrogen-bond donors (Lipinski definition) is 3. The molecule has 17 heavy (non-hydrogen) atoms. The quantitative estimate of drug-likeness (QED) is 0.772. The fourth-order valence-electron chi connectivity index (χ4n) is 1.83. The lowest BCUT2D eigenvalue weighted by molar-refractivity contribution is -0.122. The number of aliphatic hydroxyl groups is 1. The molecule has 94 valence electrons. The van der Waals surface area contributed by atoms with E-state index in [-0.39, 0.29) is 18.1 Å². The minimum Gasteiger partial charge on any atom is -0.392 e. The maximum Gasteiger partial charge on any atom is 0.237 e. The molecule has 1 aromatic heterocycles. The van der Waals surface area contributed by atoms with Gasteiger partial charge in [-0.1, -0.05) is 0 Å². The van der Waals surface area contributed by atoms with Gasteiger partial charge < -0.3 is 15.7 Å². The second-order valence-corrected chi connectivity index (χ2v) is 6.64. The summed E-state index contributed by atoms with van der Waals surface area (Å²) in [5.74, 6) is -0.0165. The van der Waals surface area contributed by atoms with Gasteiger partial charge in [0, 0.05) is 18.0 Å². The molecule has 2 heterocycles. The van der Waals surface area contributed by atoms with Crippen molar-refractivity contribution in [1.29, 1.82) is 0 Å². The maximum absolute atomic E-state index is 11.7. The highest BCUT2D eigenvalue weighted by molar-refractivity contribution is 9.11. The van der Waals surface area contributed by atoms with Crippen molar-refractivity contribution in [2.75, 3.05) is 13.1 Å². The highest BCUT2D eigenvalue weighted by atomic mass is 79.9.